The first-order valence-electron chi connectivity index (χ1n) is 7.61. The van der Waals surface area contributed by atoms with Crippen molar-refractivity contribution in [3.63, 3.8) is 0 Å². The van der Waals surface area contributed by atoms with Crippen LogP contribution in [-0.4, -0.2) is 34.0 Å². The first kappa shape index (κ1) is 15.2. The Morgan fingerprint density at radius 2 is 1.91 bits per heavy atom. The van der Waals surface area contributed by atoms with Gasteiger partial charge in [0.25, 0.3) is 0 Å². The first-order valence-corrected chi connectivity index (χ1v) is 8.43. The second-order valence-electron chi connectivity index (χ2n) is 5.78. The van der Waals surface area contributed by atoms with Gasteiger partial charge >= 0.3 is 5.97 Å². The molecule has 1 N–H and O–H groups in total. The molecule has 0 amide bonds. The number of hydrogen-bond acceptors (Lipinski definition) is 4. The molecule has 2 aromatic rings. The third kappa shape index (κ3) is 2.91. The number of carboxylic acids is 1. The molecule has 0 saturated carbocycles. The Balaban J connectivity index is 1.81. The lowest BCUT2D eigenvalue weighted by atomic mass is 10.1. The van der Waals surface area contributed by atoms with Crippen LogP contribution < -0.4 is 0 Å². The largest absolute Gasteiger partial charge is 0.477 e. The van der Waals surface area contributed by atoms with Gasteiger partial charge in [-0.25, -0.2) is 9.78 Å². The van der Waals surface area contributed by atoms with Gasteiger partial charge in [-0.1, -0.05) is 24.3 Å². The van der Waals surface area contributed by atoms with Gasteiger partial charge in [-0.15, -0.1) is 11.3 Å². The molecule has 2 heterocycles. The fourth-order valence-electron chi connectivity index (χ4n) is 2.96. The van der Waals surface area contributed by atoms with Gasteiger partial charge in [0, 0.05) is 11.6 Å². The molecule has 0 spiro atoms. The summed E-state index contributed by atoms with van der Waals surface area (Å²) in [6.07, 6.45) is 2.58. The summed E-state index contributed by atoms with van der Waals surface area (Å²) in [6, 6.07) is 8.80. The molecule has 1 atom stereocenters. The van der Waals surface area contributed by atoms with E-state index in [-0.39, 0.29) is 0 Å². The fraction of sp³-hybridized carbons (Fsp3) is 0.412. The maximum Gasteiger partial charge on any atom is 0.347 e. The molecule has 3 rings (SSSR count). The normalized spacial score (nSPS) is 16.8. The zero-order valence-corrected chi connectivity index (χ0v) is 13.7. The maximum absolute atomic E-state index is 11.1. The van der Waals surface area contributed by atoms with E-state index in [1.54, 1.807) is 6.92 Å². The molecule has 0 radical (unpaired) electrons. The van der Waals surface area contributed by atoms with E-state index in [2.05, 4.69) is 28.9 Å². The Kier molecular flexibility index (Phi) is 4.27. The Bertz CT molecular complexity index is 672. The molecule has 1 aliphatic heterocycles. The van der Waals surface area contributed by atoms with Gasteiger partial charge in [0.15, 0.2) is 0 Å². The molecule has 1 fully saturated rings. The number of rotatable bonds is 4. The molecule has 0 aliphatic carbocycles. The average Bonchev–Trinajstić information content (AvgIpc) is 3.16. The highest BCUT2D eigenvalue weighted by molar-refractivity contribution is 7.17. The van der Waals surface area contributed by atoms with E-state index < -0.39 is 5.97 Å². The second kappa shape index (κ2) is 6.18. The highest BCUT2D eigenvalue weighted by Gasteiger charge is 2.20. The van der Waals surface area contributed by atoms with Crippen LogP contribution in [0.25, 0.3) is 10.6 Å². The van der Waals surface area contributed by atoms with Crippen LogP contribution in [0.15, 0.2) is 24.3 Å². The number of carbonyl (C=O) groups is 1. The van der Waals surface area contributed by atoms with Crippen molar-refractivity contribution in [3.05, 3.63) is 40.4 Å². The molecule has 22 heavy (non-hydrogen) atoms. The number of hydrogen-bond donors (Lipinski definition) is 1. The predicted molar refractivity (Wildman–Crippen MR) is 88.5 cm³/mol. The first-order chi connectivity index (χ1) is 10.6. The van der Waals surface area contributed by atoms with Gasteiger partial charge in [0.05, 0.1) is 5.69 Å². The lowest BCUT2D eigenvalue weighted by molar-refractivity contribution is 0.0701. The summed E-state index contributed by atoms with van der Waals surface area (Å²) in [7, 11) is 0. The average molecular weight is 316 g/mol. The zero-order chi connectivity index (χ0) is 15.7. The van der Waals surface area contributed by atoms with Gasteiger partial charge in [-0.3, -0.25) is 4.90 Å². The van der Waals surface area contributed by atoms with Crippen LogP contribution in [0.5, 0.6) is 0 Å². The van der Waals surface area contributed by atoms with E-state index in [1.807, 2.05) is 12.1 Å². The van der Waals surface area contributed by atoms with E-state index in [9.17, 15) is 4.79 Å². The minimum Gasteiger partial charge on any atom is -0.477 e. The Morgan fingerprint density at radius 1 is 1.27 bits per heavy atom. The number of aromatic carboxylic acids is 1. The van der Waals surface area contributed by atoms with Gasteiger partial charge < -0.3 is 5.11 Å². The summed E-state index contributed by atoms with van der Waals surface area (Å²) in [5.41, 5.74) is 2.87. The summed E-state index contributed by atoms with van der Waals surface area (Å²) in [5.74, 6) is -0.902. The van der Waals surface area contributed by atoms with Crippen molar-refractivity contribution in [2.45, 2.75) is 32.7 Å². The summed E-state index contributed by atoms with van der Waals surface area (Å²) in [5, 5.41) is 9.90. The maximum atomic E-state index is 11.1. The fourth-order valence-corrected chi connectivity index (χ4v) is 3.87. The van der Waals surface area contributed by atoms with Crippen LogP contribution in [0.4, 0.5) is 0 Å². The molecule has 1 aliphatic rings. The van der Waals surface area contributed by atoms with E-state index in [0.29, 0.717) is 16.6 Å². The van der Waals surface area contributed by atoms with Crippen molar-refractivity contribution >= 4 is 17.3 Å². The Labute approximate surface area is 134 Å². The van der Waals surface area contributed by atoms with Crippen molar-refractivity contribution in [2.24, 2.45) is 0 Å². The molecular formula is C17H20N2O2S. The molecule has 0 unspecified atom stereocenters. The quantitative estimate of drug-likeness (QED) is 0.927. The summed E-state index contributed by atoms with van der Waals surface area (Å²) >= 11 is 1.24. The highest BCUT2D eigenvalue weighted by Crippen LogP contribution is 2.30. The van der Waals surface area contributed by atoms with Gasteiger partial charge in [-0.2, -0.15) is 0 Å². The van der Waals surface area contributed by atoms with E-state index in [1.165, 1.54) is 42.8 Å². The van der Waals surface area contributed by atoms with Crippen molar-refractivity contribution in [3.8, 4) is 10.6 Å². The van der Waals surface area contributed by atoms with Crippen LogP contribution >= 0.6 is 11.3 Å². The number of nitrogens with zero attached hydrogens (tertiary/aromatic N) is 2. The van der Waals surface area contributed by atoms with E-state index >= 15 is 0 Å². The lowest BCUT2D eigenvalue weighted by Crippen LogP contribution is -2.23. The van der Waals surface area contributed by atoms with Crippen molar-refractivity contribution in [1.82, 2.24) is 9.88 Å². The Hall–Kier alpha value is -1.72. The number of thiazole rings is 1. The highest BCUT2D eigenvalue weighted by atomic mass is 32.1. The van der Waals surface area contributed by atoms with Crippen LogP contribution in [0.2, 0.25) is 0 Å². The van der Waals surface area contributed by atoms with Crippen molar-refractivity contribution < 1.29 is 9.90 Å². The minimum absolute atomic E-state index is 0.324. The van der Waals surface area contributed by atoms with Gasteiger partial charge in [0.2, 0.25) is 0 Å². The molecule has 116 valence electrons. The predicted octanol–water partition coefficient (Wildman–Crippen LogP) is 3.97. The SMILES string of the molecule is Cc1nc(-c2ccc([C@@H](C)N3CCCC3)cc2)sc1C(=O)O. The van der Waals surface area contributed by atoms with Crippen LogP contribution in [-0.2, 0) is 0 Å². The molecular weight excluding hydrogens is 296 g/mol. The molecule has 1 saturated heterocycles. The standard InChI is InChI=1S/C17H20N2O2S/c1-11-15(17(20)21)22-16(18-11)14-7-5-13(6-8-14)12(2)19-9-3-4-10-19/h5-8,12H,3-4,9-10H2,1-2H3,(H,20,21)/t12-/m1/s1. The molecule has 5 heteroatoms. The topological polar surface area (TPSA) is 53.4 Å². The number of carboxylic acid groups (broad SMARTS) is 1. The lowest BCUT2D eigenvalue weighted by Gasteiger charge is -2.24. The van der Waals surface area contributed by atoms with E-state index in [4.69, 9.17) is 5.11 Å². The van der Waals surface area contributed by atoms with Crippen molar-refractivity contribution in [2.75, 3.05) is 13.1 Å². The summed E-state index contributed by atoms with van der Waals surface area (Å²) in [6.45, 7) is 6.34. The van der Waals surface area contributed by atoms with Crippen molar-refractivity contribution in [1.29, 1.82) is 0 Å². The third-order valence-electron chi connectivity index (χ3n) is 4.32. The molecule has 0 bridgehead atoms. The van der Waals surface area contributed by atoms with Crippen LogP contribution in [0, 0.1) is 6.92 Å². The third-order valence-corrected chi connectivity index (χ3v) is 5.51. The molecule has 1 aromatic carbocycles. The smallest absolute Gasteiger partial charge is 0.347 e. The zero-order valence-electron chi connectivity index (χ0n) is 12.9. The monoisotopic (exact) mass is 316 g/mol. The Morgan fingerprint density at radius 3 is 2.45 bits per heavy atom. The van der Waals surface area contributed by atoms with E-state index in [0.717, 1.165) is 10.6 Å². The second-order valence-corrected chi connectivity index (χ2v) is 6.78. The molecule has 1 aromatic heterocycles. The number of benzene rings is 1. The molecule has 4 nitrogen and oxygen atoms in total. The van der Waals surface area contributed by atoms with Crippen LogP contribution in [0.1, 0.15) is 46.7 Å². The number of aryl methyl sites for hydroxylation is 1. The summed E-state index contributed by atoms with van der Waals surface area (Å²) in [4.78, 5) is 18.3. The number of likely N-dealkylation sites (tertiary alicyclic amines) is 1. The minimum atomic E-state index is -0.902. The van der Waals surface area contributed by atoms with Gasteiger partial charge in [0.1, 0.15) is 9.88 Å². The summed E-state index contributed by atoms with van der Waals surface area (Å²) < 4.78 is 0. The number of aromatic nitrogens is 1. The van der Waals surface area contributed by atoms with Crippen LogP contribution in [0.3, 0.4) is 0 Å². The van der Waals surface area contributed by atoms with Gasteiger partial charge in [-0.05, 0) is 45.3 Å².